The zero-order valence-electron chi connectivity index (χ0n) is 13.4. The zero-order chi connectivity index (χ0) is 17.5. The van der Waals surface area contributed by atoms with Crippen LogP contribution in [0.3, 0.4) is 0 Å². The molecule has 2 aliphatic rings. The molecule has 7 nitrogen and oxygen atoms in total. The van der Waals surface area contributed by atoms with Gasteiger partial charge in [-0.1, -0.05) is 18.2 Å². The van der Waals surface area contributed by atoms with Crippen molar-refractivity contribution in [2.75, 3.05) is 11.9 Å². The minimum atomic E-state index is -1.01. The Morgan fingerprint density at radius 3 is 2.79 bits per heavy atom. The van der Waals surface area contributed by atoms with Crippen LogP contribution >= 0.6 is 0 Å². The molecule has 0 bridgehead atoms. The molecule has 1 spiro atoms. The Labute approximate surface area is 139 Å². The van der Waals surface area contributed by atoms with Crippen LogP contribution in [-0.4, -0.2) is 41.4 Å². The summed E-state index contributed by atoms with van der Waals surface area (Å²) in [5.41, 5.74) is 0.436. The first-order chi connectivity index (χ1) is 11.4. The van der Waals surface area contributed by atoms with Crippen molar-refractivity contribution in [1.29, 1.82) is 5.26 Å². The van der Waals surface area contributed by atoms with Crippen LogP contribution in [0.5, 0.6) is 0 Å². The molecule has 1 aromatic rings. The van der Waals surface area contributed by atoms with Crippen molar-refractivity contribution in [1.82, 2.24) is 4.90 Å². The molecule has 3 rings (SSSR count). The van der Waals surface area contributed by atoms with Crippen LogP contribution in [-0.2, 0) is 24.5 Å². The number of benzene rings is 1. The molecule has 0 radical (unpaired) electrons. The van der Waals surface area contributed by atoms with E-state index in [0.717, 1.165) is 10.5 Å². The van der Waals surface area contributed by atoms with Crippen molar-refractivity contribution >= 4 is 23.5 Å². The summed E-state index contributed by atoms with van der Waals surface area (Å²) in [5.74, 6) is -2.14. The van der Waals surface area contributed by atoms with Gasteiger partial charge in [0.2, 0.25) is 5.91 Å². The second-order valence-electron chi connectivity index (χ2n) is 6.32. The molecule has 124 valence electrons. The summed E-state index contributed by atoms with van der Waals surface area (Å²) in [6.45, 7) is 3.26. The predicted octanol–water partition coefficient (Wildman–Crippen LogP) is 0.953. The molecule has 2 aliphatic heterocycles. The van der Waals surface area contributed by atoms with Gasteiger partial charge in [0, 0.05) is 18.7 Å². The van der Waals surface area contributed by atoms with E-state index in [0.29, 0.717) is 5.69 Å². The van der Waals surface area contributed by atoms with Crippen LogP contribution in [0.1, 0.15) is 25.8 Å². The minimum Gasteiger partial charge on any atom is -0.456 e. The van der Waals surface area contributed by atoms with E-state index in [1.807, 2.05) is 12.1 Å². The molecule has 1 saturated heterocycles. The summed E-state index contributed by atoms with van der Waals surface area (Å²) < 4.78 is 4.92. The number of nitrogens with zero attached hydrogens (tertiary/aromatic N) is 2. The van der Waals surface area contributed by atoms with Crippen LogP contribution in [0.2, 0.25) is 0 Å². The highest BCUT2D eigenvalue weighted by molar-refractivity contribution is 6.32. The SMILES string of the molecule is CC(C)OC(=O)C(=O)N1C[C@]2(C[C@H]1C#N)C(=O)Nc1ccccc12. The number of fused-ring (bicyclic) bond motifs is 2. The van der Waals surface area contributed by atoms with Gasteiger partial charge in [-0.3, -0.25) is 9.59 Å². The highest BCUT2D eigenvalue weighted by Crippen LogP contribution is 2.46. The van der Waals surface area contributed by atoms with Gasteiger partial charge in [-0.15, -0.1) is 0 Å². The topological polar surface area (TPSA) is 99.5 Å². The number of likely N-dealkylation sites (tertiary alicyclic amines) is 1. The summed E-state index contributed by atoms with van der Waals surface area (Å²) in [4.78, 5) is 38.0. The van der Waals surface area contributed by atoms with Gasteiger partial charge in [-0.2, -0.15) is 5.26 Å². The number of rotatable bonds is 1. The molecule has 1 fully saturated rings. The van der Waals surface area contributed by atoms with Crippen molar-refractivity contribution in [2.45, 2.75) is 37.8 Å². The Bertz CT molecular complexity index is 767. The first-order valence-electron chi connectivity index (χ1n) is 7.71. The molecule has 0 saturated carbocycles. The Morgan fingerprint density at radius 2 is 2.12 bits per heavy atom. The zero-order valence-corrected chi connectivity index (χ0v) is 13.4. The molecular weight excluding hydrogens is 310 g/mol. The van der Waals surface area contributed by atoms with Gasteiger partial charge in [0.05, 0.1) is 17.6 Å². The number of ether oxygens (including phenoxy) is 1. The summed E-state index contributed by atoms with van der Waals surface area (Å²) in [7, 11) is 0. The number of carbonyl (C=O) groups is 3. The number of anilines is 1. The molecule has 7 heteroatoms. The standard InChI is InChI=1S/C17H17N3O4/c1-10(2)24-15(22)14(21)20-9-17(7-11(20)8-18)12-5-3-4-6-13(12)19-16(17)23/h3-6,10-11H,7,9H2,1-2H3,(H,19,23)/t11-,17-/m0/s1. The number of carbonyl (C=O) groups excluding carboxylic acids is 3. The van der Waals surface area contributed by atoms with Gasteiger partial charge >= 0.3 is 11.9 Å². The second-order valence-corrected chi connectivity index (χ2v) is 6.32. The lowest BCUT2D eigenvalue weighted by Crippen LogP contribution is -2.43. The highest BCUT2D eigenvalue weighted by Gasteiger charge is 2.56. The summed E-state index contributed by atoms with van der Waals surface area (Å²) in [6.07, 6.45) is -0.276. The Kier molecular flexibility index (Phi) is 3.76. The lowest BCUT2D eigenvalue weighted by Gasteiger charge is -2.22. The monoisotopic (exact) mass is 327 g/mol. The highest BCUT2D eigenvalue weighted by atomic mass is 16.5. The maximum Gasteiger partial charge on any atom is 0.397 e. The number of hydrogen-bond donors (Lipinski definition) is 1. The van der Waals surface area contributed by atoms with Crippen molar-refractivity contribution in [3.63, 3.8) is 0 Å². The number of esters is 1. The van der Waals surface area contributed by atoms with Crippen LogP contribution in [0.25, 0.3) is 0 Å². The van der Waals surface area contributed by atoms with Crippen LogP contribution in [0.15, 0.2) is 24.3 Å². The Hall–Kier alpha value is -2.88. The van der Waals surface area contributed by atoms with Gasteiger partial charge in [-0.05, 0) is 25.5 Å². The fourth-order valence-corrected chi connectivity index (χ4v) is 3.35. The summed E-state index contributed by atoms with van der Waals surface area (Å²) in [6, 6.07) is 8.37. The van der Waals surface area contributed by atoms with E-state index in [9.17, 15) is 19.6 Å². The maximum absolute atomic E-state index is 12.6. The molecule has 1 aromatic carbocycles. The number of nitriles is 1. The Morgan fingerprint density at radius 1 is 1.42 bits per heavy atom. The molecule has 0 aliphatic carbocycles. The average Bonchev–Trinajstić information content (AvgIpc) is 3.06. The Balaban J connectivity index is 1.93. The van der Waals surface area contributed by atoms with E-state index in [2.05, 4.69) is 5.32 Å². The molecule has 2 heterocycles. The number of amides is 2. The molecule has 24 heavy (non-hydrogen) atoms. The minimum absolute atomic E-state index is 0.0138. The van der Waals surface area contributed by atoms with Crippen LogP contribution in [0.4, 0.5) is 5.69 Å². The van der Waals surface area contributed by atoms with Gasteiger partial charge in [0.1, 0.15) is 6.04 Å². The van der Waals surface area contributed by atoms with Gasteiger partial charge in [0.25, 0.3) is 0 Å². The molecule has 1 N–H and O–H groups in total. The summed E-state index contributed by atoms with van der Waals surface area (Å²) in [5, 5.41) is 12.2. The molecule has 2 amide bonds. The van der Waals surface area contributed by atoms with Crippen LogP contribution in [0, 0.1) is 11.3 Å². The number of hydrogen-bond acceptors (Lipinski definition) is 5. The van der Waals surface area contributed by atoms with E-state index in [4.69, 9.17) is 4.74 Å². The normalized spacial score (nSPS) is 24.7. The van der Waals surface area contributed by atoms with E-state index < -0.39 is 29.4 Å². The maximum atomic E-state index is 12.6. The number of para-hydroxylation sites is 1. The third kappa shape index (κ3) is 2.31. The number of nitrogens with one attached hydrogen (secondary N) is 1. The van der Waals surface area contributed by atoms with E-state index >= 15 is 0 Å². The van der Waals surface area contributed by atoms with E-state index in [1.54, 1.807) is 32.0 Å². The van der Waals surface area contributed by atoms with E-state index in [-0.39, 0.29) is 18.9 Å². The van der Waals surface area contributed by atoms with Crippen molar-refractivity contribution in [2.24, 2.45) is 0 Å². The van der Waals surface area contributed by atoms with Gasteiger partial charge < -0.3 is 15.0 Å². The van der Waals surface area contributed by atoms with Gasteiger partial charge in [0.15, 0.2) is 0 Å². The largest absolute Gasteiger partial charge is 0.456 e. The quantitative estimate of drug-likeness (QED) is 0.611. The third-order valence-electron chi connectivity index (χ3n) is 4.41. The molecule has 2 atom stereocenters. The first kappa shape index (κ1) is 16.0. The van der Waals surface area contributed by atoms with Crippen molar-refractivity contribution in [3.05, 3.63) is 29.8 Å². The van der Waals surface area contributed by atoms with E-state index in [1.165, 1.54) is 0 Å². The predicted molar refractivity (Wildman–Crippen MR) is 83.7 cm³/mol. The second kappa shape index (κ2) is 5.64. The fourth-order valence-electron chi connectivity index (χ4n) is 3.35. The van der Waals surface area contributed by atoms with Crippen molar-refractivity contribution in [3.8, 4) is 6.07 Å². The molecule has 0 unspecified atom stereocenters. The fraction of sp³-hybridized carbons (Fsp3) is 0.412. The molecule has 0 aromatic heterocycles. The van der Waals surface area contributed by atoms with Gasteiger partial charge in [-0.25, -0.2) is 4.79 Å². The lowest BCUT2D eigenvalue weighted by molar-refractivity contribution is -0.162. The lowest BCUT2D eigenvalue weighted by atomic mass is 9.80. The summed E-state index contributed by atoms with van der Waals surface area (Å²) >= 11 is 0. The average molecular weight is 327 g/mol. The molecular formula is C17H17N3O4. The van der Waals surface area contributed by atoms with Crippen molar-refractivity contribution < 1.29 is 19.1 Å². The smallest absolute Gasteiger partial charge is 0.397 e. The third-order valence-corrected chi connectivity index (χ3v) is 4.41. The van der Waals surface area contributed by atoms with Crippen LogP contribution < -0.4 is 5.32 Å². The first-order valence-corrected chi connectivity index (χ1v) is 7.71.